The van der Waals surface area contributed by atoms with E-state index in [1.54, 1.807) is 12.1 Å². The van der Waals surface area contributed by atoms with Crippen LogP contribution >= 0.6 is 0 Å². The Morgan fingerprint density at radius 1 is 1.47 bits per heavy atom. The lowest BCUT2D eigenvalue weighted by Crippen LogP contribution is -2.14. The highest BCUT2D eigenvalue weighted by atomic mass is 16.6. The first-order valence-corrected chi connectivity index (χ1v) is 5.47. The number of nitrogens with zero attached hydrogens (tertiary/aromatic N) is 3. The van der Waals surface area contributed by atoms with Crippen molar-refractivity contribution in [1.82, 2.24) is 10.1 Å². The van der Waals surface area contributed by atoms with Gasteiger partial charge in [0.1, 0.15) is 6.10 Å². The van der Waals surface area contributed by atoms with E-state index in [4.69, 9.17) is 15.0 Å². The Labute approximate surface area is 108 Å². The first kappa shape index (κ1) is 13.1. The van der Waals surface area contributed by atoms with Gasteiger partial charge in [-0.15, -0.1) is 0 Å². The lowest BCUT2D eigenvalue weighted by Gasteiger charge is -2.05. The number of nitro benzene ring substituents is 1. The second-order valence-corrected chi connectivity index (χ2v) is 3.72. The third kappa shape index (κ3) is 2.75. The lowest BCUT2D eigenvalue weighted by atomic mass is 10.2. The smallest absolute Gasteiger partial charge is 0.269 e. The van der Waals surface area contributed by atoms with Gasteiger partial charge in [-0.05, 0) is 12.1 Å². The number of aromatic nitrogens is 2. The van der Waals surface area contributed by atoms with Crippen LogP contribution in [0.5, 0.6) is 0 Å². The predicted octanol–water partition coefficient (Wildman–Crippen LogP) is 1.29. The molecule has 1 aromatic heterocycles. The maximum Gasteiger partial charge on any atom is 0.269 e. The maximum absolute atomic E-state index is 10.5. The van der Waals surface area contributed by atoms with Crippen molar-refractivity contribution in [2.45, 2.75) is 6.10 Å². The van der Waals surface area contributed by atoms with Crippen molar-refractivity contribution in [1.29, 1.82) is 0 Å². The molecule has 0 radical (unpaired) electrons. The summed E-state index contributed by atoms with van der Waals surface area (Å²) in [7, 11) is 1.49. The maximum atomic E-state index is 10.5. The summed E-state index contributed by atoms with van der Waals surface area (Å²) in [4.78, 5) is 14.2. The molecule has 1 atom stereocenters. The van der Waals surface area contributed by atoms with Crippen molar-refractivity contribution < 1.29 is 14.2 Å². The molecule has 19 heavy (non-hydrogen) atoms. The molecule has 0 fully saturated rings. The van der Waals surface area contributed by atoms with Crippen molar-refractivity contribution in [3.05, 3.63) is 40.3 Å². The van der Waals surface area contributed by atoms with Gasteiger partial charge in [-0.3, -0.25) is 10.1 Å². The fourth-order valence-corrected chi connectivity index (χ4v) is 1.51. The largest absolute Gasteiger partial charge is 0.370 e. The first-order valence-electron chi connectivity index (χ1n) is 5.47. The Morgan fingerprint density at radius 3 is 2.68 bits per heavy atom. The van der Waals surface area contributed by atoms with Crippen LogP contribution in [0.3, 0.4) is 0 Å². The summed E-state index contributed by atoms with van der Waals surface area (Å²) in [5, 5.41) is 14.3. The molecule has 0 saturated carbocycles. The zero-order valence-corrected chi connectivity index (χ0v) is 10.1. The van der Waals surface area contributed by atoms with Crippen molar-refractivity contribution in [3.63, 3.8) is 0 Å². The normalized spacial score (nSPS) is 12.3. The van der Waals surface area contributed by atoms with Crippen LogP contribution in [-0.2, 0) is 4.74 Å². The van der Waals surface area contributed by atoms with Crippen LogP contribution in [0.1, 0.15) is 12.0 Å². The number of rotatable bonds is 5. The highest BCUT2D eigenvalue weighted by Gasteiger charge is 2.17. The van der Waals surface area contributed by atoms with Gasteiger partial charge in [-0.1, -0.05) is 5.16 Å². The lowest BCUT2D eigenvalue weighted by molar-refractivity contribution is -0.384. The SMILES string of the molecule is COC(CN)c1nc(-c2ccc([N+](=O)[O-])cc2)no1. The zero-order chi connectivity index (χ0) is 13.8. The Hall–Kier alpha value is -2.32. The molecule has 0 amide bonds. The second kappa shape index (κ2) is 5.55. The molecule has 8 nitrogen and oxygen atoms in total. The van der Waals surface area contributed by atoms with Crippen LogP contribution in [0.25, 0.3) is 11.4 Å². The van der Waals surface area contributed by atoms with Gasteiger partial charge in [0.05, 0.1) is 4.92 Å². The summed E-state index contributed by atoms with van der Waals surface area (Å²) in [6.07, 6.45) is -0.459. The molecular formula is C11H12N4O4. The standard InChI is InChI=1S/C11H12N4O4/c1-18-9(6-12)11-13-10(14-19-11)7-2-4-8(5-3-7)15(16)17/h2-5,9H,6,12H2,1H3. The number of methoxy groups -OCH3 is 1. The molecule has 0 aliphatic heterocycles. The van der Waals surface area contributed by atoms with Crippen LogP contribution in [0.4, 0.5) is 5.69 Å². The summed E-state index contributed by atoms with van der Waals surface area (Å²) >= 11 is 0. The van der Waals surface area contributed by atoms with Gasteiger partial charge >= 0.3 is 0 Å². The number of nitro groups is 1. The number of hydrogen-bond acceptors (Lipinski definition) is 7. The summed E-state index contributed by atoms with van der Waals surface area (Å²) in [5.41, 5.74) is 6.11. The number of ether oxygens (including phenoxy) is 1. The fourth-order valence-electron chi connectivity index (χ4n) is 1.51. The van der Waals surface area contributed by atoms with Gasteiger partial charge in [-0.2, -0.15) is 4.98 Å². The molecule has 100 valence electrons. The van der Waals surface area contributed by atoms with E-state index in [1.807, 2.05) is 0 Å². The van der Waals surface area contributed by atoms with Crippen LogP contribution in [0, 0.1) is 10.1 Å². The molecule has 1 heterocycles. The molecule has 1 unspecified atom stereocenters. The zero-order valence-electron chi connectivity index (χ0n) is 10.1. The third-order valence-corrected chi connectivity index (χ3v) is 2.55. The second-order valence-electron chi connectivity index (χ2n) is 3.72. The third-order valence-electron chi connectivity index (χ3n) is 2.55. The quantitative estimate of drug-likeness (QED) is 0.638. The Balaban J connectivity index is 2.25. The number of hydrogen-bond donors (Lipinski definition) is 1. The molecule has 0 saturated heterocycles. The minimum absolute atomic E-state index is 0.00388. The van der Waals surface area contributed by atoms with E-state index in [2.05, 4.69) is 10.1 Å². The highest BCUT2D eigenvalue weighted by Crippen LogP contribution is 2.22. The molecule has 2 N–H and O–H groups in total. The van der Waals surface area contributed by atoms with Gasteiger partial charge in [0.15, 0.2) is 0 Å². The van der Waals surface area contributed by atoms with Crippen molar-refractivity contribution in [2.75, 3.05) is 13.7 Å². The van der Waals surface area contributed by atoms with Gasteiger partial charge in [0, 0.05) is 31.4 Å². The monoisotopic (exact) mass is 264 g/mol. The summed E-state index contributed by atoms with van der Waals surface area (Å²) in [6.45, 7) is 0.221. The van der Waals surface area contributed by atoms with E-state index in [1.165, 1.54) is 19.2 Å². The van der Waals surface area contributed by atoms with Gasteiger partial charge in [0.25, 0.3) is 11.6 Å². The van der Waals surface area contributed by atoms with Crippen LogP contribution < -0.4 is 5.73 Å². The minimum atomic E-state index is -0.471. The van der Waals surface area contributed by atoms with E-state index < -0.39 is 11.0 Å². The van der Waals surface area contributed by atoms with Crippen molar-refractivity contribution in [2.24, 2.45) is 5.73 Å². The summed E-state index contributed by atoms with van der Waals surface area (Å²) in [5.74, 6) is 0.610. The Bertz CT molecular complexity index is 562. The first-order chi connectivity index (χ1) is 9.15. The number of non-ortho nitro benzene ring substituents is 1. The Kier molecular flexibility index (Phi) is 3.83. The van der Waals surface area contributed by atoms with Gasteiger partial charge in [0.2, 0.25) is 5.82 Å². The molecular weight excluding hydrogens is 252 g/mol. The summed E-state index contributed by atoms with van der Waals surface area (Å²) in [6, 6.07) is 5.86. The molecule has 1 aromatic carbocycles. The van der Waals surface area contributed by atoms with Crippen molar-refractivity contribution >= 4 is 5.69 Å². The van der Waals surface area contributed by atoms with Crippen molar-refractivity contribution in [3.8, 4) is 11.4 Å². The van der Waals surface area contributed by atoms with E-state index >= 15 is 0 Å². The predicted molar refractivity (Wildman–Crippen MR) is 65.2 cm³/mol. The van der Waals surface area contributed by atoms with E-state index in [0.717, 1.165) is 0 Å². The minimum Gasteiger partial charge on any atom is -0.370 e. The molecule has 0 aliphatic carbocycles. The molecule has 0 bridgehead atoms. The highest BCUT2D eigenvalue weighted by molar-refractivity contribution is 5.56. The summed E-state index contributed by atoms with van der Waals surface area (Å²) < 4.78 is 10.1. The number of benzene rings is 1. The fraction of sp³-hybridized carbons (Fsp3) is 0.273. The van der Waals surface area contributed by atoms with E-state index in [9.17, 15) is 10.1 Å². The van der Waals surface area contributed by atoms with Crippen LogP contribution in [0.2, 0.25) is 0 Å². The van der Waals surface area contributed by atoms with Crippen LogP contribution in [-0.4, -0.2) is 28.7 Å². The molecule has 0 spiro atoms. The molecule has 2 rings (SSSR count). The molecule has 8 heteroatoms. The average molecular weight is 264 g/mol. The van der Waals surface area contributed by atoms with E-state index in [0.29, 0.717) is 11.4 Å². The Morgan fingerprint density at radius 2 is 2.16 bits per heavy atom. The van der Waals surface area contributed by atoms with Crippen LogP contribution in [0.15, 0.2) is 28.8 Å². The molecule has 0 aliphatic rings. The average Bonchev–Trinajstić information content (AvgIpc) is 2.90. The van der Waals surface area contributed by atoms with Gasteiger partial charge < -0.3 is 15.0 Å². The van der Waals surface area contributed by atoms with E-state index in [-0.39, 0.29) is 18.1 Å². The van der Waals surface area contributed by atoms with Gasteiger partial charge in [-0.25, -0.2) is 0 Å². The molecule has 2 aromatic rings. The number of nitrogens with two attached hydrogens (primary N) is 1. The topological polar surface area (TPSA) is 117 Å².